The Labute approximate surface area is 121 Å². The fourth-order valence-corrected chi connectivity index (χ4v) is 2.17. The van der Waals surface area contributed by atoms with Crippen LogP contribution in [0.15, 0.2) is 17.5 Å². The molecule has 0 aliphatic heterocycles. The highest BCUT2D eigenvalue weighted by atomic mass is 32.1. The number of ether oxygens (including phenoxy) is 1. The molecule has 0 spiro atoms. The minimum Gasteiger partial charge on any atom is -0.389 e. The van der Waals surface area contributed by atoms with E-state index >= 15 is 0 Å². The molecule has 0 aromatic carbocycles. The molecule has 1 aromatic rings. The largest absolute Gasteiger partial charge is 0.389 e. The Morgan fingerprint density at radius 2 is 2.25 bits per heavy atom. The average Bonchev–Trinajstić information content (AvgIpc) is 2.89. The fraction of sp³-hybridized carbons (Fsp3) is 0.500. The predicted molar refractivity (Wildman–Crippen MR) is 75.3 cm³/mol. The van der Waals surface area contributed by atoms with Gasteiger partial charge in [-0.05, 0) is 18.5 Å². The minimum atomic E-state index is -0.654. The summed E-state index contributed by atoms with van der Waals surface area (Å²) in [5.41, 5.74) is 4.65. The number of likely N-dealkylation sites (N-methyl/N-ethyl adjacent to an activating group) is 1. The van der Waals surface area contributed by atoms with Crippen molar-refractivity contribution in [1.82, 2.24) is 15.8 Å². The number of nitrogens with zero attached hydrogens (tertiary/aromatic N) is 1. The highest BCUT2D eigenvalue weighted by Crippen LogP contribution is 2.06. The van der Waals surface area contributed by atoms with E-state index in [9.17, 15) is 14.7 Å². The second kappa shape index (κ2) is 8.64. The number of hydrogen-bond donors (Lipinski definition) is 3. The van der Waals surface area contributed by atoms with Crippen molar-refractivity contribution < 1.29 is 19.4 Å². The summed E-state index contributed by atoms with van der Waals surface area (Å²) in [6.07, 6.45) is -0.654. The second-order valence-electron chi connectivity index (χ2n) is 4.29. The number of methoxy groups -OCH3 is 1. The van der Waals surface area contributed by atoms with E-state index < -0.39 is 6.10 Å². The molecule has 0 saturated carbocycles. The number of rotatable bonds is 7. The van der Waals surface area contributed by atoms with Gasteiger partial charge in [0.15, 0.2) is 0 Å². The Hall–Kier alpha value is -1.48. The molecule has 0 fully saturated rings. The quantitative estimate of drug-likeness (QED) is 0.588. The Morgan fingerprint density at radius 3 is 2.85 bits per heavy atom. The number of hydrogen-bond acceptors (Lipinski definition) is 6. The molecule has 0 bridgehead atoms. The van der Waals surface area contributed by atoms with Crippen LogP contribution in [-0.4, -0.2) is 61.8 Å². The van der Waals surface area contributed by atoms with Crippen molar-refractivity contribution in [2.75, 3.05) is 33.9 Å². The Balaban J connectivity index is 2.24. The summed E-state index contributed by atoms with van der Waals surface area (Å²) >= 11 is 1.29. The summed E-state index contributed by atoms with van der Waals surface area (Å²) in [5, 5.41) is 11.3. The summed E-state index contributed by atoms with van der Waals surface area (Å²) in [4.78, 5) is 25.3. The smallest absolute Gasteiger partial charge is 0.279 e. The second-order valence-corrected chi connectivity index (χ2v) is 5.23. The molecular weight excluding hydrogens is 282 g/mol. The first-order valence-corrected chi connectivity index (χ1v) is 6.89. The van der Waals surface area contributed by atoms with Gasteiger partial charge in [-0.25, -0.2) is 0 Å². The van der Waals surface area contributed by atoms with Gasteiger partial charge in [-0.2, -0.15) is 0 Å². The topological polar surface area (TPSA) is 90.9 Å². The molecule has 1 aromatic heterocycles. The van der Waals surface area contributed by atoms with Crippen LogP contribution in [0.2, 0.25) is 0 Å². The van der Waals surface area contributed by atoms with Gasteiger partial charge in [0.2, 0.25) is 0 Å². The molecule has 1 unspecified atom stereocenters. The molecule has 1 atom stereocenters. The van der Waals surface area contributed by atoms with Crippen molar-refractivity contribution in [2.24, 2.45) is 0 Å². The van der Waals surface area contributed by atoms with Gasteiger partial charge >= 0.3 is 0 Å². The van der Waals surface area contributed by atoms with E-state index in [1.54, 1.807) is 29.5 Å². The molecule has 20 heavy (non-hydrogen) atoms. The van der Waals surface area contributed by atoms with Crippen LogP contribution in [0.25, 0.3) is 0 Å². The third kappa shape index (κ3) is 6.11. The highest BCUT2D eigenvalue weighted by molar-refractivity contribution is 7.12. The van der Waals surface area contributed by atoms with E-state index in [1.165, 1.54) is 18.4 Å². The molecule has 8 heteroatoms. The van der Waals surface area contributed by atoms with Gasteiger partial charge in [-0.1, -0.05) is 6.07 Å². The zero-order valence-corrected chi connectivity index (χ0v) is 12.3. The number of aliphatic hydroxyl groups is 1. The molecule has 0 aliphatic carbocycles. The number of amides is 2. The van der Waals surface area contributed by atoms with Crippen LogP contribution >= 0.6 is 11.3 Å². The molecule has 1 heterocycles. The Bertz CT molecular complexity index is 424. The molecule has 3 N–H and O–H groups in total. The van der Waals surface area contributed by atoms with E-state index in [0.29, 0.717) is 11.4 Å². The van der Waals surface area contributed by atoms with E-state index in [4.69, 9.17) is 4.74 Å². The van der Waals surface area contributed by atoms with Crippen LogP contribution in [0.4, 0.5) is 0 Å². The fourth-order valence-electron chi connectivity index (χ4n) is 1.55. The van der Waals surface area contributed by atoms with E-state index in [1.807, 2.05) is 0 Å². The highest BCUT2D eigenvalue weighted by Gasteiger charge is 2.12. The zero-order valence-electron chi connectivity index (χ0n) is 11.5. The average molecular weight is 301 g/mol. The molecule has 0 aliphatic rings. The lowest BCUT2D eigenvalue weighted by atomic mass is 10.3. The van der Waals surface area contributed by atoms with Crippen LogP contribution in [0, 0.1) is 0 Å². The third-order valence-corrected chi connectivity index (χ3v) is 3.22. The monoisotopic (exact) mass is 301 g/mol. The van der Waals surface area contributed by atoms with Crippen molar-refractivity contribution >= 4 is 23.2 Å². The maximum Gasteiger partial charge on any atom is 0.279 e. The molecule has 1 rings (SSSR count). The number of aliphatic hydroxyl groups excluding tert-OH is 1. The van der Waals surface area contributed by atoms with Crippen LogP contribution in [-0.2, 0) is 9.53 Å². The molecular formula is C12H19N3O4S. The minimum absolute atomic E-state index is 0.0610. The molecule has 2 amide bonds. The number of nitrogens with one attached hydrogen (secondary N) is 2. The third-order valence-electron chi connectivity index (χ3n) is 2.36. The number of thiophene rings is 1. The maximum absolute atomic E-state index is 11.6. The number of hydrazine groups is 1. The zero-order chi connectivity index (χ0) is 15.0. The van der Waals surface area contributed by atoms with Crippen molar-refractivity contribution in [3.63, 3.8) is 0 Å². The SMILES string of the molecule is COCC(O)CN(C)CC(=O)NNC(=O)c1cccs1. The van der Waals surface area contributed by atoms with Gasteiger partial charge in [0, 0.05) is 13.7 Å². The van der Waals surface area contributed by atoms with E-state index in [-0.39, 0.29) is 25.0 Å². The van der Waals surface area contributed by atoms with Gasteiger partial charge in [0.25, 0.3) is 11.8 Å². The van der Waals surface area contributed by atoms with Crippen molar-refractivity contribution in [3.05, 3.63) is 22.4 Å². The number of carbonyl (C=O) groups excluding carboxylic acids is 2. The van der Waals surface area contributed by atoms with Crippen LogP contribution in [0.3, 0.4) is 0 Å². The molecule has 112 valence electrons. The summed E-state index contributed by atoms with van der Waals surface area (Å²) in [7, 11) is 3.19. The van der Waals surface area contributed by atoms with Gasteiger partial charge in [0.1, 0.15) is 0 Å². The standard InChI is InChI=1S/C12H19N3O4S/c1-15(6-9(16)8-19-2)7-11(17)13-14-12(18)10-4-3-5-20-10/h3-5,9,16H,6-8H2,1-2H3,(H,13,17)(H,14,18). The summed E-state index contributed by atoms with van der Waals surface area (Å²) in [6.45, 7) is 0.576. The van der Waals surface area contributed by atoms with Crippen LogP contribution < -0.4 is 10.9 Å². The molecule has 0 saturated heterocycles. The van der Waals surface area contributed by atoms with Crippen LogP contribution in [0.5, 0.6) is 0 Å². The molecule has 0 radical (unpaired) electrons. The lowest BCUT2D eigenvalue weighted by molar-refractivity contribution is -0.123. The van der Waals surface area contributed by atoms with Crippen molar-refractivity contribution in [1.29, 1.82) is 0 Å². The number of carbonyl (C=O) groups is 2. The van der Waals surface area contributed by atoms with Crippen LogP contribution in [0.1, 0.15) is 9.67 Å². The van der Waals surface area contributed by atoms with Gasteiger partial charge in [0.05, 0.1) is 24.1 Å². The summed E-state index contributed by atoms with van der Waals surface area (Å²) in [5.74, 6) is -0.711. The Morgan fingerprint density at radius 1 is 1.50 bits per heavy atom. The Kier molecular flexibility index (Phi) is 7.16. The van der Waals surface area contributed by atoms with Crippen molar-refractivity contribution in [2.45, 2.75) is 6.10 Å². The van der Waals surface area contributed by atoms with Gasteiger partial charge < -0.3 is 9.84 Å². The summed E-state index contributed by atoms with van der Waals surface area (Å²) in [6, 6.07) is 3.42. The first-order valence-electron chi connectivity index (χ1n) is 6.01. The predicted octanol–water partition coefficient (Wildman–Crippen LogP) is -0.552. The lowest BCUT2D eigenvalue weighted by Crippen LogP contribution is -2.46. The van der Waals surface area contributed by atoms with E-state index in [0.717, 1.165) is 0 Å². The molecule has 7 nitrogen and oxygen atoms in total. The maximum atomic E-state index is 11.6. The van der Waals surface area contributed by atoms with Gasteiger partial charge in [-0.15, -0.1) is 11.3 Å². The van der Waals surface area contributed by atoms with Gasteiger partial charge in [-0.3, -0.25) is 25.3 Å². The first-order chi connectivity index (χ1) is 9.52. The van der Waals surface area contributed by atoms with E-state index in [2.05, 4.69) is 10.9 Å². The van der Waals surface area contributed by atoms with Crippen molar-refractivity contribution in [3.8, 4) is 0 Å². The normalized spacial score (nSPS) is 12.2. The summed E-state index contributed by atoms with van der Waals surface area (Å²) < 4.78 is 4.80. The lowest BCUT2D eigenvalue weighted by Gasteiger charge is -2.19. The first kappa shape index (κ1) is 16.6.